The Hall–Kier alpha value is -1.32. The Bertz CT molecular complexity index is 454. The van der Waals surface area contributed by atoms with Crippen LogP contribution in [0.2, 0.25) is 0 Å². The van der Waals surface area contributed by atoms with Crippen molar-refractivity contribution in [3.05, 3.63) is 23.8 Å². The second-order valence-corrected chi connectivity index (χ2v) is 6.01. The standard InChI is InChI=1S/C17H24F2O2/c1-12-5-7-13(8-6-12)4-3-11-21-15-10-9-14(20-2)16(18)17(15)19/h9-10,12-13H,3-8,11H2,1-2H3. The van der Waals surface area contributed by atoms with Crippen LogP contribution in [0.25, 0.3) is 0 Å². The van der Waals surface area contributed by atoms with Crippen LogP contribution in [0, 0.1) is 23.5 Å². The molecule has 0 aromatic heterocycles. The third-order valence-electron chi connectivity index (χ3n) is 4.38. The Morgan fingerprint density at radius 1 is 1.05 bits per heavy atom. The van der Waals surface area contributed by atoms with Gasteiger partial charge in [0.2, 0.25) is 11.6 Å². The summed E-state index contributed by atoms with van der Waals surface area (Å²) in [6.45, 7) is 2.73. The lowest BCUT2D eigenvalue weighted by molar-refractivity contribution is 0.238. The highest BCUT2D eigenvalue weighted by molar-refractivity contribution is 5.34. The van der Waals surface area contributed by atoms with Crippen LogP contribution in [0.3, 0.4) is 0 Å². The van der Waals surface area contributed by atoms with Gasteiger partial charge in [0.25, 0.3) is 0 Å². The predicted octanol–water partition coefficient (Wildman–Crippen LogP) is 4.96. The van der Waals surface area contributed by atoms with E-state index in [1.54, 1.807) is 0 Å². The van der Waals surface area contributed by atoms with E-state index in [1.165, 1.54) is 44.9 Å². The van der Waals surface area contributed by atoms with Crippen LogP contribution in [0.5, 0.6) is 11.5 Å². The van der Waals surface area contributed by atoms with Crippen LogP contribution in [0.15, 0.2) is 12.1 Å². The number of benzene rings is 1. The summed E-state index contributed by atoms with van der Waals surface area (Å²) in [6, 6.07) is 2.80. The van der Waals surface area contributed by atoms with Gasteiger partial charge in [-0.3, -0.25) is 0 Å². The lowest BCUT2D eigenvalue weighted by Crippen LogP contribution is -2.13. The third kappa shape index (κ3) is 4.32. The summed E-state index contributed by atoms with van der Waals surface area (Å²) in [5.41, 5.74) is 0. The minimum atomic E-state index is -0.990. The van der Waals surface area contributed by atoms with Gasteiger partial charge in [-0.25, -0.2) is 0 Å². The van der Waals surface area contributed by atoms with E-state index < -0.39 is 11.6 Å². The van der Waals surface area contributed by atoms with Crippen LogP contribution in [0.1, 0.15) is 45.4 Å². The third-order valence-corrected chi connectivity index (χ3v) is 4.38. The maximum absolute atomic E-state index is 13.7. The molecule has 1 saturated carbocycles. The normalized spacial score (nSPS) is 22.1. The quantitative estimate of drug-likeness (QED) is 0.691. The number of rotatable bonds is 6. The topological polar surface area (TPSA) is 18.5 Å². The van der Waals surface area contributed by atoms with E-state index >= 15 is 0 Å². The molecule has 1 fully saturated rings. The number of hydrogen-bond donors (Lipinski definition) is 0. The van der Waals surface area contributed by atoms with Crippen molar-refractivity contribution in [2.45, 2.75) is 45.4 Å². The maximum Gasteiger partial charge on any atom is 0.204 e. The first-order valence-electron chi connectivity index (χ1n) is 7.76. The first-order valence-corrected chi connectivity index (χ1v) is 7.76. The van der Waals surface area contributed by atoms with E-state index in [0.29, 0.717) is 6.61 Å². The van der Waals surface area contributed by atoms with Crippen LogP contribution in [0.4, 0.5) is 8.78 Å². The zero-order chi connectivity index (χ0) is 15.2. The van der Waals surface area contributed by atoms with E-state index in [1.807, 2.05) is 0 Å². The number of halogens is 2. The number of ether oxygens (including phenoxy) is 2. The van der Waals surface area contributed by atoms with Crippen molar-refractivity contribution in [1.82, 2.24) is 0 Å². The Labute approximate surface area is 125 Å². The van der Waals surface area contributed by atoms with Crippen molar-refractivity contribution >= 4 is 0 Å². The Morgan fingerprint density at radius 3 is 2.33 bits per heavy atom. The summed E-state index contributed by atoms with van der Waals surface area (Å²) in [4.78, 5) is 0. The van der Waals surface area contributed by atoms with Gasteiger partial charge >= 0.3 is 0 Å². The molecule has 1 aromatic carbocycles. The lowest BCUT2D eigenvalue weighted by atomic mass is 9.81. The SMILES string of the molecule is COc1ccc(OCCCC2CCC(C)CC2)c(F)c1F. The fourth-order valence-corrected chi connectivity index (χ4v) is 2.96. The van der Waals surface area contributed by atoms with Gasteiger partial charge < -0.3 is 9.47 Å². The molecule has 0 N–H and O–H groups in total. The van der Waals surface area contributed by atoms with E-state index in [0.717, 1.165) is 24.7 Å². The average Bonchev–Trinajstić information content (AvgIpc) is 2.49. The molecule has 0 aliphatic heterocycles. The van der Waals surface area contributed by atoms with Crippen LogP contribution in [-0.4, -0.2) is 13.7 Å². The van der Waals surface area contributed by atoms with Gasteiger partial charge in [-0.2, -0.15) is 8.78 Å². The molecular formula is C17H24F2O2. The minimum Gasteiger partial charge on any atom is -0.494 e. The van der Waals surface area contributed by atoms with Gasteiger partial charge in [0.15, 0.2) is 11.5 Å². The summed E-state index contributed by atoms with van der Waals surface area (Å²) in [7, 11) is 1.31. The molecule has 2 rings (SSSR count). The monoisotopic (exact) mass is 298 g/mol. The molecule has 0 radical (unpaired) electrons. The molecular weight excluding hydrogens is 274 g/mol. The smallest absolute Gasteiger partial charge is 0.204 e. The van der Waals surface area contributed by atoms with E-state index in [2.05, 4.69) is 6.92 Å². The molecule has 21 heavy (non-hydrogen) atoms. The predicted molar refractivity (Wildman–Crippen MR) is 78.8 cm³/mol. The molecule has 0 spiro atoms. The minimum absolute atomic E-state index is 0.0365. The van der Waals surface area contributed by atoms with Gasteiger partial charge in [0, 0.05) is 0 Å². The highest BCUT2D eigenvalue weighted by Crippen LogP contribution is 2.31. The van der Waals surface area contributed by atoms with Crippen molar-refractivity contribution in [3.63, 3.8) is 0 Å². The second-order valence-electron chi connectivity index (χ2n) is 6.01. The largest absolute Gasteiger partial charge is 0.494 e. The van der Waals surface area contributed by atoms with Gasteiger partial charge in [0.05, 0.1) is 13.7 Å². The van der Waals surface area contributed by atoms with Gasteiger partial charge in [0.1, 0.15) is 0 Å². The highest BCUT2D eigenvalue weighted by atomic mass is 19.2. The fourth-order valence-electron chi connectivity index (χ4n) is 2.96. The molecule has 2 nitrogen and oxygen atoms in total. The molecule has 1 aliphatic carbocycles. The summed E-state index contributed by atoms with van der Waals surface area (Å²) in [5, 5.41) is 0. The highest BCUT2D eigenvalue weighted by Gasteiger charge is 2.18. The van der Waals surface area contributed by atoms with Crippen molar-refractivity contribution in [3.8, 4) is 11.5 Å². The lowest BCUT2D eigenvalue weighted by Gasteiger charge is -2.26. The summed E-state index contributed by atoms with van der Waals surface area (Å²) in [5.74, 6) is -0.477. The molecule has 0 heterocycles. The summed E-state index contributed by atoms with van der Waals surface area (Å²) < 4.78 is 37.3. The van der Waals surface area contributed by atoms with Crippen LogP contribution < -0.4 is 9.47 Å². The molecule has 1 aromatic rings. The van der Waals surface area contributed by atoms with Crippen LogP contribution in [-0.2, 0) is 0 Å². The van der Waals surface area contributed by atoms with Gasteiger partial charge in [-0.05, 0) is 36.8 Å². The molecule has 0 amide bonds. The molecule has 118 valence electrons. The van der Waals surface area contributed by atoms with Crippen molar-refractivity contribution in [2.24, 2.45) is 11.8 Å². The number of hydrogen-bond acceptors (Lipinski definition) is 2. The fraction of sp³-hybridized carbons (Fsp3) is 0.647. The summed E-state index contributed by atoms with van der Waals surface area (Å²) in [6.07, 6.45) is 7.17. The Balaban J connectivity index is 1.75. The first kappa shape index (κ1) is 16.1. The summed E-state index contributed by atoms with van der Waals surface area (Å²) >= 11 is 0. The Kier molecular flexibility index (Phi) is 5.83. The molecule has 0 bridgehead atoms. The molecule has 0 unspecified atom stereocenters. The van der Waals surface area contributed by atoms with Crippen molar-refractivity contribution < 1.29 is 18.3 Å². The van der Waals surface area contributed by atoms with E-state index in [9.17, 15) is 8.78 Å². The molecule has 0 saturated heterocycles. The molecule has 4 heteroatoms. The molecule has 1 aliphatic rings. The first-order chi connectivity index (χ1) is 10.1. The zero-order valence-corrected chi connectivity index (χ0v) is 12.8. The molecule has 0 atom stereocenters. The second kappa shape index (κ2) is 7.62. The van der Waals surface area contributed by atoms with Crippen molar-refractivity contribution in [1.29, 1.82) is 0 Å². The maximum atomic E-state index is 13.7. The average molecular weight is 298 g/mol. The van der Waals surface area contributed by atoms with Gasteiger partial charge in [-0.15, -0.1) is 0 Å². The zero-order valence-electron chi connectivity index (χ0n) is 12.8. The number of methoxy groups -OCH3 is 1. The van der Waals surface area contributed by atoms with Gasteiger partial charge in [-0.1, -0.05) is 32.6 Å². The van der Waals surface area contributed by atoms with Crippen molar-refractivity contribution in [2.75, 3.05) is 13.7 Å². The van der Waals surface area contributed by atoms with E-state index in [4.69, 9.17) is 9.47 Å². The van der Waals surface area contributed by atoms with Crippen LogP contribution >= 0.6 is 0 Å². The Morgan fingerprint density at radius 2 is 1.67 bits per heavy atom. The van der Waals surface area contributed by atoms with E-state index in [-0.39, 0.29) is 11.5 Å².